The van der Waals surface area contributed by atoms with Gasteiger partial charge in [-0.05, 0) is 37.9 Å². The Morgan fingerprint density at radius 1 is 1.40 bits per heavy atom. The molecule has 1 amide bonds. The zero-order valence-electron chi connectivity index (χ0n) is 12.0. The fraction of sp³-hybridized carbons (Fsp3) is 0.562. The van der Waals surface area contributed by atoms with Crippen molar-refractivity contribution >= 4 is 11.6 Å². The maximum absolute atomic E-state index is 12.5. The number of carbonyl (C=O) groups excluding carboxylic acids is 1. The first-order valence-corrected chi connectivity index (χ1v) is 7.47. The molecule has 3 rings (SSSR count). The van der Waals surface area contributed by atoms with Crippen LogP contribution < -0.4 is 10.2 Å². The van der Waals surface area contributed by atoms with Gasteiger partial charge in [0.1, 0.15) is 0 Å². The molecule has 0 spiro atoms. The largest absolute Gasteiger partial charge is 0.378 e. The molecule has 2 atom stereocenters. The summed E-state index contributed by atoms with van der Waals surface area (Å²) < 4.78 is 5.58. The molecular weight excluding hydrogens is 252 g/mol. The van der Waals surface area contributed by atoms with Crippen LogP contribution in [0.4, 0.5) is 5.69 Å². The molecule has 0 saturated carbocycles. The standard InChI is InChI=1S/C16H22N2O2/c1-17-14-8-9-18(15-7-3-2-6-13(14)15)16(19)11-12-5-4-10-20-12/h2-3,6-7,12,14,17H,4-5,8-11H2,1H3. The molecule has 4 nitrogen and oxygen atoms in total. The number of anilines is 1. The van der Waals surface area contributed by atoms with E-state index in [1.807, 2.05) is 30.1 Å². The highest BCUT2D eigenvalue weighted by atomic mass is 16.5. The molecule has 1 aromatic carbocycles. The third-order valence-electron chi connectivity index (χ3n) is 4.32. The lowest BCUT2D eigenvalue weighted by molar-refractivity contribution is -0.120. The van der Waals surface area contributed by atoms with Crippen LogP contribution in [0.15, 0.2) is 24.3 Å². The van der Waals surface area contributed by atoms with Crippen LogP contribution >= 0.6 is 0 Å². The van der Waals surface area contributed by atoms with Crippen LogP contribution in [-0.2, 0) is 9.53 Å². The number of nitrogens with zero attached hydrogens (tertiary/aromatic N) is 1. The van der Waals surface area contributed by atoms with Gasteiger partial charge in [0, 0.05) is 24.9 Å². The van der Waals surface area contributed by atoms with Gasteiger partial charge < -0.3 is 15.0 Å². The summed E-state index contributed by atoms with van der Waals surface area (Å²) in [5, 5.41) is 3.33. The summed E-state index contributed by atoms with van der Waals surface area (Å²) in [6.07, 6.45) is 3.69. The van der Waals surface area contributed by atoms with E-state index >= 15 is 0 Å². The van der Waals surface area contributed by atoms with Crippen LogP contribution in [0.25, 0.3) is 0 Å². The molecular formula is C16H22N2O2. The molecule has 0 aromatic heterocycles. The van der Waals surface area contributed by atoms with Gasteiger partial charge in [0.2, 0.25) is 5.91 Å². The molecule has 4 heteroatoms. The van der Waals surface area contributed by atoms with Crippen LogP contribution in [0.1, 0.15) is 37.3 Å². The monoisotopic (exact) mass is 274 g/mol. The summed E-state index contributed by atoms with van der Waals surface area (Å²) >= 11 is 0. The smallest absolute Gasteiger partial charge is 0.229 e. The Morgan fingerprint density at radius 2 is 2.25 bits per heavy atom. The van der Waals surface area contributed by atoms with E-state index in [9.17, 15) is 4.79 Å². The molecule has 20 heavy (non-hydrogen) atoms. The molecule has 2 heterocycles. The second-order valence-corrected chi connectivity index (χ2v) is 5.57. The van der Waals surface area contributed by atoms with E-state index in [4.69, 9.17) is 4.74 Å². The van der Waals surface area contributed by atoms with Crippen LogP contribution in [0.3, 0.4) is 0 Å². The number of para-hydroxylation sites is 1. The van der Waals surface area contributed by atoms with E-state index in [-0.39, 0.29) is 12.0 Å². The normalized spacial score (nSPS) is 25.6. The van der Waals surface area contributed by atoms with Crippen molar-refractivity contribution in [2.75, 3.05) is 25.1 Å². The van der Waals surface area contributed by atoms with Crippen molar-refractivity contribution in [3.8, 4) is 0 Å². The summed E-state index contributed by atoms with van der Waals surface area (Å²) in [6.45, 7) is 1.59. The number of nitrogens with one attached hydrogen (secondary N) is 1. The van der Waals surface area contributed by atoms with E-state index in [1.54, 1.807) is 0 Å². The molecule has 1 aromatic rings. The van der Waals surface area contributed by atoms with Gasteiger partial charge in [-0.2, -0.15) is 0 Å². The number of ether oxygens (including phenoxy) is 1. The third-order valence-corrected chi connectivity index (χ3v) is 4.32. The van der Waals surface area contributed by atoms with Crippen LogP contribution in [0.2, 0.25) is 0 Å². The van der Waals surface area contributed by atoms with E-state index in [2.05, 4.69) is 11.4 Å². The lowest BCUT2D eigenvalue weighted by Gasteiger charge is -2.34. The van der Waals surface area contributed by atoms with Crippen molar-refractivity contribution in [3.05, 3.63) is 29.8 Å². The number of hydrogen-bond donors (Lipinski definition) is 1. The fourth-order valence-electron chi connectivity index (χ4n) is 3.23. The van der Waals surface area contributed by atoms with Crippen LogP contribution in [-0.4, -0.2) is 32.2 Å². The average Bonchev–Trinajstić information content (AvgIpc) is 2.99. The summed E-state index contributed by atoms with van der Waals surface area (Å²) in [6, 6.07) is 8.55. The Kier molecular flexibility index (Phi) is 4.03. The van der Waals surface area contributed by atoms with Gasteiger partial charge in [0.05, 0.1) is 12.5 Å². The topological polar surface area (TPSA) is 41.6 Å². The number of fused-ring (bicyclic) bond motifs is 1. The Balaban J connectivity index is 1.78. The highest BCUT2D eigenvalue weighted by Gasteiger charge is 2.29. The van der Waals surface area contributed by atoms with Crippen molar-refractivity contribution < 1.29 is 9.53 Å². The lowest BCUT2D eigenvalue weighted by atomic mass is 9.96. The summed E-state index contributed by atoms with van der Waals surface area (Å²) in [4.78, 5) is 14.5. The van der Waals surface area contributed by atoms with Crippen molar-refractivity contribution in [2.24, 2.45) is 0 Å². The SMILES string of the molecule is CNC1CCN(C(=O)CC2CCCO2)c2ccccc21. The predicted octanol–water partition coefficient (Wildman–Crippen LogP) is 2.25. The van der Waals surface area contributed by atoms with Crippen LogP contribution in [0.5, 0.6) is 0 Å². The highest BCUT2D eigenvalue weighted by molar-refractivity contribution is 5.95. The second kappa shape index (κ2) is 5.94. The van der Waals surface area contributed by atoms with Crippen molar-refractivity contribution in [1.29, 1.82) is 0 Å². The van der Waals surface area contributed by atoms with Crippen LogP contribution in [0, 0.1) is 0 Å². The van der Waals surface area contributed by atoms with E-state index < -0.39 is 0 Å². The molecule has 2 aliphatic rings. The number of amides is 1. The molecule has 1 N–H and O–H groups in total. The number of benzene rings is 1. The first-order chi connectivity index (χ1) is 9.79. The van der Waals surface area contributed by atoms with Crippen molar-refractivity contribution in [3.63, 3.8) is 0 Å². The van der Waals surface area contributed by atoms with Gasteiger partial charge in [0.25, 0.3) is 0 Å². The van der Waals surface area contributed by atoms with Crippen molar-refractivity contribution in [2.45, 2.75) is 37.8 Å². The Hall–Kier alpha value is -1.39. The molecule has 2 unspecified atom stereocenters. The zero-order chi connectivity index (χ0) is 13.9. The number of rotatable bonds is 3. The van der Waals surface area contributed by atoms with Gasteiger partial charge in [0.15, 0.2) is 0 Å². The molecule has 0 bridgehead atoms. The maximum Gasteiger partial charge on any atom is 0.229 e. The van der Waals surface area contributed by atoms with Gasteiger partial charge >= 0.3 is 0 Å². The number of carbonyl (C=O) groups is 1. The molecule has 1 fully saturated rings. The quantitative estimate of drug-likeness (QED) is 0.919. The van der Waals surface area contributed by atoms with E-state index in [0.29, 0.717) is 12.5 Å². The minimum atomic E-state index is 0.122. The first-order valence-electron chi connectivity index (χ1n) is 7.47. The molecule has 108 valence electrons. The Morgan fingerprint density at radius 3 is 3.00 bits per heavy atom. The average molecular weight is 274 g/mol. The summed E-state index contributed by atoms with van der Waals surface area (Å²) in [7, 11) is 1.98. The minimum absolute atomic E-state index is 0.122. The molecule has 2 aliphatic heterocycles. The zero-order valence-corrected chi connectivity index (χ0v) is 12.0. The lowest BCUT2D eigenvalue weighted by Crippen LogP contribution is -2.40. The summed E-state index contributed by atoms with van der Waals surface area (Å²) in [5.74, 6) is 0.193. The third kappa shape index (κ3) is 2.58. The van der Waals surface area contributed by atoms with Gasteiger partial charge in [-0.25, -0.2) is 0 Å². The predicted molar refractivity (Wildman–Crippen MR) is 78.8 cm³/mol. The highest BCUT2D eigenvalue weighted by Crippen LogP contribution is 2.34. The Labute approximate surface area is 120 Å². The minimum Gasteiger partial charge on any atom is -0.378 e. The number of hydrogen-bond acceptors (Lipinski definition) is 3. The Bertz CT molecular complexity index is 483. The molecule has 1 saturated heterocycles. The van der Waals surface area contributed by atoms with E-state index in [1.165, 1.54) is 5.56 Å². The van der Waals surface area contributed by atoms with Gasteiger partial charge in [-0.1, -0.05) is 18.2 Å². The first kappa shape index (κ1) is 13.6. The summed E-state index contributed by atoms with van der Waals surface area (Å²) in [5.41, 5.74) is 2.28. The maximum atomic E-state index is 12.5. The van der Waals surface area contributed by atoms with Crippen molar-refractivity contribution in [1.82, 2.24) is 5.32 Å². The fourth-order valence-corrected chi connectivity index (χ4v) is 3.23. The molecule has 0 radical (unpaired) electrons. The van der Waals surface area contributed by atoms with E-state index in [0.717, 1.165) is 38.1 Å². The second-order valence-electron chi connectivity index (χ2n) is 5.57. The van der Waals surface area contributed by atoms with Gasteiger partial charge in [-0.15, -0.1) is 0 Å². The molecule has 0 aliphatic carbocycles. The van der Waals surface area contributed by atoms with Gasteiger partial charge in [-0.3, -0.25) is 4.79 Å².